The molecule has 3 aliphatic heterocycles. The number of aromatic nitrogens is 2. The molecule has 2 aromatic carbocycles. The fourth-order valence-corrected chi connectivity index (χ4v) is 5.82. The van der Waals surface area contributed by atoms with Crippen LogP contribution in [-0.4, -0.2) is 84.0 Å². The van der Waals surface area contributed by atoms with Crippen LogP contribution in [0.2, 0.25) is 0 Å². The van der Waals surface area contributed by atoms with Crippen LogP contribution in [-0.2, 0) is 16.1 Å². The van der Waals surface area contributed by atoms with Crippen LogP contribution in [0.25, 0.3) is 11.4 Å². The van der Waals surface area contributed by atoms with Crippen LogP contribution < -0.4 is 14.2 Å². The molecular formula is C32H38N4O6. The Morgan fingerprint density at radius 3 is 2.48 bits per heavy atom. The molecule has 2 bridgehead atoms. The monoisotopic (exact) mass is 574 g/mol. The second-order valence-corrected chi connectivity index (χ2v) is 11.0. The van der Waals surface area contributed by atoms with E-state index in [1.807, 2.05) is 40.3 Å². The minimum atomic E-state index is -0.0570. The Hall–Kier alpha value is -4.05. The molecular weight excluding hydrogens is 536 g/mol. The molecule has 10 nitrogen and oxygen atoms in total. The van der Waals surface area contributed by atoms with Gasteiger partial charge in [0.15, 0.2) is 11.5 Å². The summed E-state index contributed by atoms with van der Waals surface area (Å²) in [6, 6.07) is 13.3. The van der Waals surface area contributed by atoms with E-state index in [1.54, 1.807) is 24.4 Å². The lowest BCUT2D eigenvalue weighted by Gasteiger charge is -2.30. The smallest absolute Gasteiger partial charge is 0.254 e. The van der Waals surface area contributed by atoms with Crippen molar-refractivity contribution in [1.82, 2.24) is 19.4 Å². The van der Waals surface area contributed by atoms with Crippen molar-refractivity contribution in [1.29, 1.82) is 0 Å². The predicted molar refractivity (Wildman–Crippen MR) is 156 cm³/mol. The summed E-state index contributed by atoms with van der Waals surface area (Å²) < 4.78 is 24.6. The Balaban J connectivity index is 1.23. The molecule has 6 rings (SSSR count). The molecule has 1 aromatic heterocycles. The number of imidazole rings is 1. The van der Waals surface area contributed by atoms with Crippen LogP contribution in [0.15, 0.2) is 54.9 Å². The lowest BCUT2D eigenvalue weighted by molar-refractivity contribution is -0.138. The number of hydrogen-bond donors (Lipinski definition) is 0. The van der Waals surface area contributed by atoms with Gasteiger partial charge in [-0.25, -0.2) is 4.98 Å². The third-order valence-corrected chi connectivity index (χ3v) is 8.15. The van der Waals surface area contributed by atoms with Crippen LogP contribution in [0.3, 0.4) is 0 Å². The Kier molecular flexibility index (Phi) is 8.89. The number of nitrogens with zero attached hydrogens (tertiary/aromatic N) is 4. The second-order valence-electron chi connectivity index (χ2n) is 11.0. The van der Waals surface area contributed by atoms with Crippen molar-refractivity contribution in [3.63, 3.8) is 0 Å². The average Bonchev–Trinajstić information content (AvgIpc) is 3.70. The van der Waals surface area contributed by atoms with Gasteiger partial charge in [-0.15, -0.1) is 0 Å². The molecule has 0 atom stereocenters. The Bertz CT molecular complexity index is 1380. The van der Waals surface area contributed by atoms with Gasteiger partial charge >= 0.3 is 0 Å². The van der Waals surface area contributed by atoms with Gasteiger partial charge in [0, 0.05) is 75.4 Å². The summed E-state index contributed by atoms with van der Waals surface area (Å²) in [4.78, 5) is 35.7. The fraction of sp³-hybridized carbons (Fsp3) is 0.469. The van der Waals surface area contributed by atoms with Gasteiger partial charge < -0.3 is 33.3 Å². The van der Waals surface area contributed by atoms with Crippen LogP contribution >= 0.6 is 0 Å². The van der Waals surface area contributed by atoms with E-state index < -0.39 is 0 Å². The summed E-state index contributed by atoms with van der Waals surface area (Å²) in [7, 11) is 0. The first-order valence-electron chi connectivity index (χ1n) is 15.0. The topological polar surface area (TPSA) is 95.4 Å². The normalized spacial score (nSPS) is 18.6. The first-order valence-corrected chi connectivity index (χ1v) is 15.0. The first-order chi connectivity index (χ1) is 20.7. The molecule has 0 saturated carbocycles. The van der Waals surface area contributed by atoms with E-state index in [0.29, 0.717) is 69.6 Å². The minimum absolute atomic E-state index is 0.0110. The second kappa shape index (κ2) is 13.3. The standard InChI is InChI=1S/C32H38N4O6/c37-31(24-9-19-39-20-10-24)35-12-1-2-13-36(32(38)26-7-8-28-29(22-26)42-23-41-28)17-16-34-15-11-33-30(34)25-5-3-6-27(21-25)40-18-4-14-35/h3,5-8,11,15,21-22,24H,1-2,4,9-10,12-14,16-20,23H2. The van der Waals surface area contributed by atoms with Gasteiger partial charge in [-0.05, 0) is 62.4 Å². The number of benzene rings is 2. The van der Waals surface area contributed by atoms with E-state index >= 15 is 0 Å². The van der Waals surface area contributed by atoms with Crippen molar-refractivity contribution in [2.45, 2.75) is 38.6 Å². The van der Waals surface area contributed by atoms with Crippen LogP contribution in [0.1, 0.15) is 42.5 Å². The van der Waals surface area contributed by atoms with E-state index in [1.165, 1.54) is 0 Å². The van der Waals surface area contributed by atoms with Crippen molar-refractivity contribution in [3.8, 4) is 28.6 Å². The van der Waals surface area contributed by atoms with Gasteiger partial charge in [0.2, 0.25) is 12.7 Å². The van der Waals surface area contributed by atoms with Gasteiger partial charge in [-0.1, -0.05) is 12.1 Å². The van der Waals surface area contributed by atoms with Crippen molar-refractivity contribution >= 4 is 11.8 Å². The molecule has 0 unspecified atom stereocenters. The van der Waals surface area contributed by atoms with E-state index in [-0.39, 0.29) is 24.5 Å². The molecule has 0 aliphatic carbocycles. The number of hydrogen-bond acceptors (Lipinski definition) is 7. The summed E-state index contributed by atoms with van der Waals surface area (Å²) in [5.41, 5.74) is 1.52. The highest BCUT2D eigenvalue weighted by molar-refractivity contribution is 5.95. The minimum Gasteiger partial charge on any atom is -0.494 e. The Morgan fingerprint density at radius 2 is 1.60 bits per heavy atom. The van der Waals surface area contributed by atoms with Crippen LogP contribution in [0.5, 0.6) is 17.2 Å². The van der Waals surface area contributed by atoms with Gasteiger partial charge in [-0.2, -0.15) is 0 Å². The summed E-state index contributed by atoms with van der Waals surface area (Å²) in [5.74, 6) is 3.00. The van der Waals surface area contributed by atoms with E-state index in [2.05, 4.69) is 9.55 Å². The lowest BCUT2D eigenvalue weighted by Crippen LogP contribution is -2.40. The number of carbonyl (C=O) groups is 2. The Morgan fingerprint density at radius 1 is 0.786 bits per heavy atom. The highest BCUT2D eigenvalue weighted by atomic mass is 16.7. The van der Waals surface area contributed by atoms with Gasteiger partial charge in [0.05, 0.1) is 6.61 Å². The molecule has 3 aliphatic rings. The number of carbonyl (C=O) groups excluding carboxylic acids is 2. The van der Waals surface area contributed by atoms with Crippen molar-refractivity contribution in [3.05, 3.63) is 60.4 Å². The van der Waals surface area contributed by atoms with E-state index in [4.69, 9.17) is 18.9 Å². The summed E-state index contributed by atoms with van der Waals surface area (Å²) >= 11 is 0. The molecule has 2 amide bonds. The van der Waals surface area contributed by atoms with Gasteiger partial charge in [0.25, 0.3) is 5.91 Å². The zero-order valence-electron chi connectivity index (χ0n) is 23.9. The molecule has 1 fully saturated rings. The maximum absolute atomic E-state index is 13.8. The molecule has 1 saturated heterocycles. The molecule has 42 heavy (non-hydrogen) atoms. The van der Waals surface area contributed by atoms with Gasteiger partial charge in [0.1, 0.15) is 11.6 Å². The maximum atomic E-state index is 13.8. The number of fused-ring (bicyclic) bond motifs is 5. The molecule has 0 N–H and O–H groups in total. The van der Waals surface area contributed by atoms with E-state index in [0.717, 1.165) is 49.2 Å². The third kappa shape index (κ3) is 6.54. The third-order valence-electron chi connectivity index (χ3n) is 8.15. The zero-order chi connectivity index (χ0) is 28.7. The van der Waals surface area contributed by atoms with Crippen LogP contribution in [0.4, 0.5) is 0 Å². The van der Waals surface area contributed by atoms with Crippen LogP contribution in [0, 0.1) is 5.92 Å². The largest absolute Gasteiger partial charge is 0.494 e. The molecule has 3 aromatic rings. The summed E-state index contributed by atoms with van der Waals surface area (Å²) in [5, 5.41) is 0. The zero-order valence-corrected chi connectivity index (χ0v) is 23.9. The van der Waals surface area contributed by atoms with Gasteiger partial charge in [-0.3, -0.25) is 9.59 Å². The molecule has 4 heterocycles. The molecule has 0 spiro atoms. The number of rotatable bonds is 2. The maximum Gasteiger partial charge on any atom is 0.254 e. The summed E-state index contributed by atoms with van der Waals surface area (Å²) in [6.45, 7) is 4.93. The SMILES string of the molecule is O=C(c1ccc2c(c1)OCO2)N1CCCCN(C(=O)C2CCOCC2)CCCOc2cccc(c2)-c2nccn2CC1. The molecule has 0 radical (unpaired) electrons. The summed E-state index contributed by atoms with van der Waals surface area (Å²) in [6.07, 6.45) is 7.59. The average molecular weight is 575 g/mol. The lowest BCUT2D eigenvalue weighted by atomic mass is 9.98. The predicted octanol–water partition coefficient (Wildman–Crippen LogP) is 4.24. The number of ether oxygens (including phenoxy) is 4. The fourth-order valence-electron chi connectivity index (χ4n) is 5.82. The highest BCUT2D eigenvalue weighted by Crippen LogP contribution is 2.33. The highest BCUT2D eigenvalue weighted by Gasteiger charge is 2.26. The van der Waals surface area contributed by atoms with Crippen molar-refractivity contribution in [2.24, 2.45) is 5.92 Å². The molecule has 10 heteroatoms. The quantitative estimate of drug-likeness (QED) is 0.452. The van der Waals surface area contributed by atoms with E-state index in [9.17, 15) is 9.59 Å². The molecule has 222 valence electrons. The first kappa shape index (κ1) is 28.1. The van der Waals surface area contributed by atoms with Crippen molar-refractivity contribution < 1.29 is 28.5 Å². The Labute approximate surface area is 246 Å². The van der Waals surface area contributed by atoms with Crippen molar-refractivity contribution in [2.75, 3.05) is 52.8 Å². The number of amides is 2.